The lowest BCUT2D eigenvalue weighted by atomic mass is 9.72. The Morgan fingerprint density at radius 1 is 0.926 bits per heavy atom. The Kier molecular flexibility index (Phi) is 3.55. The van der Waals surface area contributed by atoms with E-state index in [9.17, 15) is 0 Å². The lowest BCUT2D eigenvalue weighted by Gasteiger charge is -2.38. The highest BCUT2D eigenvalue weighted by atomic mass is 16.3. The topological polar surface area (TPSA) is 78.1 Å². The zero-order chi connectivity index (χ0) is 18.4. The van der Waals surface area contributed by atoms with E-state index in [1.165, 1.54) is 12.0 Å². The van der Waals surface area contributed by atoms with Crippen LogP contribution in [0.2, 0.25) is 0 Å². The third kappa shape index (κ3) is 2.61. The largest absolute Gasteiger partial charge is 0.437 e. The van der Waals surface area contributed by atoms with E-state index >= 15 is 0 Å². The molecule has 0 spiro atoms. The highest BCUT2D eigenvalue weighted by molar-refractivity contribution is 6.01. The van der Waals surface area contributed by atoms with Crippen LogP contribution < -0.4 is 11.5 Å². The lowest BCUT2D eigenvalue weighted by Crippen LogP contribution is -2.43. The summed E-state index contributed by atoms with van der Waals surface area (Å²) in [5.74, 6) is 0.806. The molecule has 1 saturated carbocycles. The number of aromatic nitrogens is 1. The standard InChI is InChI=1S/C23H21N3O/c24-18-13-19-20(15-5-2-1-3-6-15)21(27-22(19)26-14-18)16-7-9-17(10-8-16)23(25)11-4-12-23/h1-3,5-10,13-14H,4,11-12,24-25H2. The molecule has 2 heterocycles. The summed E-state index contributed by atoms with van der Waals surface area (Å²) in [6.07, 6.45) is 4.93. The maximum Gasteiger partial charge on any atom is 0.227 e. The van der Waals surface area contributed by atoms with Crippen LogP contribution in [0.1, 0.15) is 24.8 Å². The maximum absolute atomic E-state index is 6.46. The van der Waals surface area contributed by atoms with Gasteiger partial charge in [0.1, 0.15) is 5.76 Å². The van der Waals surface area contributed by atoms with Crippen molar-refractivity contribution in [2.75, 3.05) is 5.73 Å². The molecule has 0 aliphatic heterocycles. The van der Waals surface area contributed by atoms with E-state index in [0.717, 1.165) is 40.7 Å². The van der Waals surface area contributed by atoms with E-state index in [1.807, 2.05) is 24.3 Å². The van der Waals surface area contributed by atoms with Crippen molar-refractivity contribution in [3.05, 3.63) is 72.4 Å². The highest BCUT2D eigenvalue weighted by Crippen LogP contribution is 2.42. The molecule has 0 atom stereocenters. The van der Waals surface area contributed by atoms with Crippen molar-refractivity contribution in [3.63, 3.8) is 0 Å². The summed E-state index contributed by atoms with van der Waals surface area (Å²) in [5, 5.41) is 0.926. The molecule has 0 unspecified atom stereocenters. The highest BCUT2D eigenvalue weighted by Gasteiger charge is 2.34. The summed E-state index contributed by atoms with van der Waals surface area (Å²) in [6, 6.07) is 20.6. The average Bonchev–Trinajstić information content (AvgIpc) is 3.05. The molecule has 4 N–H and O–H groups in total. The summed E-state index contributed by atoms with van der Waals surface area (Å²) in [6.45, 7) is 0. The minimum absolute atomic E-state index is 0.162. The van der Waals surface area contributed by atoms with Crippen LogP contribution >= 0.6 is 0 Å². The molecule has 2 aromatic carbocycles. The van der Waals surface area contributed by atoms with Gasteiger partial charge in [-0.25, -0.2) is 4.98 Å². The van der Waals surface area contributed by atoms with Crippen LogP contribution in [0.4, 0.5) is 5.69 Å². The third-order valence-electron chi connectivity index (χ3n) is 5.60. The Balaban J connectivity index is 1.69. The summed E-state index contributed by atoms with van der Waals surface area (Å²) in [5.41, 5.74) is 17.8. The maximum atomic E-state index is 6.46. The van der Waals surface area contributed by atoms with Crippen molar-refractivity contribution in [2.45, 2.75) is 24.8 Å². The van der Waals surface area contributed by atoms with Crippen LogP contribution in [-0.2, 0) is 5.54 Å². The van der Waals surface area contributed by atoms with E-state index in [1.54, 1.807) is 6.20 Å². The van der Waals surface area contributed by atoms with E-state index in [2.05, 4.69) is 41.4 Å². The predicted molar refractivity (Wildman–Crippen MR) is 109 cm³/mol. The zero-order valence-electron chi connectivity index (χ0n) is 15.0. The quantitative estimate of drug-likeness (QED) is 0.537. The summed E-state index contributed by atoms with van der Waals surface area (Å²) in [7, 11) is 0. The zero-order valence-corrected chi connectivity index (χ0v) is 15.0. The number of nitrogen functional groups attached to an aromatic ring is 1. The first-order valence-electron chi connectivity index (χ1n) is 9.27. The van der Waals surface area contributed by atoms with Gasteiger partial charge in [-0.15, -0.1) is 0 Å². The van der Waals surface area contributed by atoms with Crippen LogP contribution in [0.25, 0.3) is 33.6 Å². The van der Waals surface area contributed by atoms with Crippen LogP contribution in [0, 0.1) is 0 Å². The van der Waals surface area contributed by atoms with Gasteiger partial charge in [0.15, 0.2) is 0 Å². The van der Waals surface area contributed by atoms with Crippen molar-refractivity contribution < 1.29 is 4.42 Å². The first kappa shape index (κ1) is 16.1. The Labute approximate surface area is 157 Å². The van der Waals surface area contributed by atoms with Crippen molar-refractivity contribution >= 4 is 16.8 Å². The van der Waals surface area contributed by atoms with Gasteiger partial charge in [-0.05, 0) is 36.5 Å². The monoisotopic (exact) mass is 355 g/mol. The number of pyridine rings is 1. The molecule has 4 aromatic rings. The second-order valence-corrected chi connectivity index (χ2v) is 7.38. The van der Waals surface area contributed by atoms with Crippen LogP contribution in [0.15, 0.2) is 71.3 Å². The predicted octanol–water partition coefficient (Wildman–Crippen LogP) is 5.08. The number of benzene rings is 2. The molecule has 1 fully saturated rings. The number of anilines is 1. The number of rotatable bonds is 3. The van der Waals surface area contributed by atoms with Gasteiger partial charge in [0.2, 0.25) is 5.71 Å². The number of nitrogens with zero attached hydrogens (tertiary/aromatic N) is 1. The van der Waals surface area contributed by atoms with Crippen LogP contribution in [-0.4, -0.2) is 4.98 Å². The Bertz CT molecular complexity index is 1110. The number of furan rings is 1. The van der Waals surface area contributed by atoms with Crippen molar-refractivity contribution in [1.82, 2.24) is 4.98 Å². The van der Waals surface area contributed by atoms with E-state index in [4.69, 9.17) is 15.9 Å². The Morgan fingerprint density at radius 3 is 2.33 bits per heavy atom. The first-order chi connectivity index (χ1) is 13.1. The number of fused-ring (bicyclic) bond motifs is 1. The van der Waals surface area contributed by atoms with Gasteiger partial charge in [-0.1, -0.05) is 54.6 Å². The summed E-state index contributed by atoms with van der Waals surface area (Å²) >= 11 is 0. The molecule has 0 amide bonds. The molecule has 0 bridgehead atoms. The fraction of sp³-hybridized carbons (Fsp3) is 0.174. The second-order valence-electron chi connectivity index (χ2n) is 7.38. The molecule has 4 nitrogen and oxygen atoms in total. The van der Waals surface area contributed by atoms with E-state index < -0.39 is 0 Å². The third-order valence-corrected chi connectivity index (χ3v) is 5.60. The smallest absolute Gasteiger partial charge is 0.227 e. The molecule has 1 aliphatic carbocycles. The fourth-order valence-electron chi connectivity index (χ4n) is 3.89. The van der Waals surface area contributed by atoms with Crippen LogP contribution in [0.3, 0.4) is 0 Å². The summed E-state index contributed by atoms with van der Waals surface area (Å²) in [4.78, 5) is 4.38. The van der Waals surface area contributed by atoms with Crippen molar-refractivity contribution in [3.8, 4) is 22.5 Å². The molecule has 1 aliphatic rings. The number of nitrogens with two attached hydrogens (primary N) is 2. The minimum Gasteiger partial charge on any atom is -0.437 e. The van der Waals surface area contributed by atoms with E-state index in [-0.39, 0.29) is 5.54 Å². The van der Waals surface area contributed by atoms with Gasteiger partial charge in [0, 0.05) is 16.7 Å². The van der Waals surface area contributed by atoms with Crippen molar-refractivity contribution in [1.29, 1.82) is 0 Å². The van der Waals surface area contributed by atoms with Crippen molar-refractivity contribution in [2.24, 2.45) is 5.73 Å². The number of hydrogen-bond donors (Lipinski definition) is 2. The normalized spacial score (nSPS) is 15.6. The molecular formula is C23H21N3O. The van der Waals surface area contributed by atoms with Gasteiger partial charge in [-0.3, -0.25) is 0 Å². The minimum atomic E-state index is -0.162. The molecule has 0 saturated heterocycles. The van der Waals surface area contributed by atoms with Gasteiger partial charge in [0.25, 0.3) is 0 Å². The molecule has 5 rings (SSSR count). The Morgan fingerprint density at radius 2 is 1.67 bits per heavy atom. The first-order valence-corrected chi connectivity index (χ1v) is 9.27. The fourth-order valence-corrected chi connectivity index (χ4v) is 3.89. The average molecular weight is 355 g/mol. The second kappa shape index (κ2) is 5.96. The molecule has 0 radical (unpaired) electrons. The van der Waals surface area contributed by atoms with Crippen LogP contribution in [0.5, 0.6) is 0 Å². The molecule has 134 valence electrons. The molecular weight excluding hydrogens is 334 g/mol. The SMILES string of the molecule is Nc1cnc2oc(-c3ccc(C4(N)CCC4)cc3)c(-c3ccccc3)c2c1. The van der Waals surface area contributed by atoms with E-state index in [0.29, 0.717) is 11.4 Å². The van der Waals surface area contributed by atoms with Gasteiger partial charge in [0.05, 0.1) is 17.3 Å². The van der Waals surface area contributed by atoms with Gasteiger partial charge >= 0.3 is 0 Å². The lowest BCUT2D eigenvalue weighted by molar-refractivity contribution is 0.253. The number of hydrogen-bond acceptors (Lipinski definition) is 4. The molecule has 2 aromatic heterocycles. The van der Waals surface area contributed by atoms with Gasteiger partial charge in [-0.2, -0.15) is 0 Å². The molecule has 4 heteroatoms. The Hall–Kier alpha value is -3.11. The van der Waals surface area contributed by atoms with Gasteiger partial charge < -0.3 is 15.9 Å². The summed E-state index contributed by atoms with van der Waals surface area (Å²) < 4.78 is 6.16. The molecule has 27 heavy (non-hydrogen) atoms.